The highest BCUT2D eigenvalue weighted by atomic mass is 32.3. The molecule has 0 aromatic rings. The van der Waals surface area contributed by atoms with Crippen LogP contribution in [0, 0.1) is 23.2 Å². The summed E-state index contributed by atoms with van der Waals surface area (Å²) in [6, 6.07) is 0. The largest absolute Gasteiger partial charge is 0.761 e. The van der Waals surface area contributed by atoms with Crippen molar-refractivity contribution in [1.29, 1.82) is 0 Å². The van der Waals surface area contributed by atoms with Crippen LogP contribution in [0.5, 0.6) is 0 Å². The average molecular weight is 412 g/mol. The smallest absolute Gasteiger partial charge is 0.349 e. The van der Waals surface area contributed by atoms with Gasteiger partial charge in [0.05, 0.1) is 18.5 Å². The number of rotatable bonds is 8. The highest BCUT2D eigenvalue weighted by Gasteiger charge is 2.57. The first-order valence-electron chi connectivity index (χ1n) is 9.90. The van der Waals surface area contributed by atoms with Gasteiger partial charge in [-0.15, -0.1) is 0 Å². The van der Waals surface area contributed by atoms with Gasteiger partial charge in [-0.2, -0.15) is 8.78 Å². The fourth-order valence-electron chi connectivity index (χ4n) is 5.70. The van der Waals surface area contributed by atoms with Gasteiger partial charge >= 0.3 is 11.2 Å². The number of hydrogen-bond donors (Lipinski definition) is 2. The number of carbonyl (C=O) groups is 1. The molecule has 4 rings (SSSR count). The second-order valence-corrected chi connectivity index (χ2v) is 11.9. The summed E-state index contributed by atoms with van der Waals surface area (Å²) in [4.78, 5) is 13.0. The van der Waals surface area contributed by atoms with Gasteiger partial charge in [0, 0.05) is 9.63 Å². The molecule has 6 nitrogen and oxygen atoms in total. The first kappa shape index (κ1) is 21.1. The second kappa shape index (κ2) is 6.71. The Morgan fingerprint density at radius 3 is 2.04 bits per heavy atom. The molecule has 158 valence electrons. The average Bonchev–Trinajstić information content (AvgIpc) is 2.55. The number of nitrogens with one attached hydrogen (secondary N) is 1. The summed E-state index contributed by atoms with van der Waals surface area (Å²) in [5.74, 6) is -0.522. The predicted octanol–water partition coefficient (Wildman–Crippen LogP) is 1.64. The Morgan fingerprint density at radius 2 is 1.63 bits per heavy atom. The molecule has 0 atom stereocenters. The second-order valence-electron chi connectivity index (χ2n) is 9.00. The minimum atomic E-state index is -6.54. The van der Waals surface area contributed by atoms with Crippen molar-refractivity contribution >= 4 is 15.6 Å². The van der Waals surface area contributed by atoms with Crippen molar-refractivity contribution in [2.45, 2.75) is 57.6 Å². The van der Waals surface area contributed by atoms with Crippen LogP contribution in [-0.4, -0.2) is 50.1 Å². The van der Waals surface area contributed by atoms with Crippen LogP contribution < -0.4 is 4.90 Å². The van der Waals surface area contributed by atoms with E-state index >= 15 is 0 Å². The Kier molecular flexibility index (Phi) is 5.24. The van der Waals surface area contributed by atoms with Gasteiger partial charge in [0.2, 0.25) is 0 Å². The third-order valence-electron chi connectivity index (χ3n) is 6.89. The van der Waals surface area contributed by atoms with E-state index in [1.165, 1.54) is 0 Å². The van der Waals surface area contributed by atoms with Crippen LogP contribution in [0.15, 0.2) is 0 Å². The lowest BCUT2D eigenvalue weighted by Gasteiger charge is -2.55. The molecule has 4 fully saturated rings. The van der Waals surface area contributed by atoms with Gasteiger partial charge in [-0.05, 0) is 70.1 Å². The fraction of sp³-hybridized carbons (Fsp3) is 0.944. The van der Waals surface area contributed by atoms with Gasteiger partial charge in [0.25, 0.3) is 0 Å². The molecule has 0 unspecified atom stereocenters. The third-order valence-corrected chi connectivity index (χ3v) is 9.10. The van der Waals surface area contributed by atoms with E-state index in [9.17, 15) is 26.9 Å². The maximum atomic E-state index is 14.4. The Bertz CT molecular complexity index is 623. The third kappa shape index (κ3) is 3.80. The molecule has 27 heavy (non-hydrogen) atoms. The van der Waals surface area contributed by atoms with E-state index < -0.39 is 38.8 Å². The Hall–Kier alpha value is -0.640. The van der Waals surface area contributed by atoms with Crippen molar-refractivity contribution in [1.82, 2.24) is 0 Å². The van der Waals surface area contributed by atoms with E-state index in [1.807, 2.05) is 0 Å². The minimum absolute atomic E-state index is 0.275. The molecular formula is C18H31F2NO5S. The Morgan fingerprint density at radius 1 is 1.19 bits per heavy atom. The standard InChI is InChI=1S/C18H31F2NO5S/c1-3-21(4-2)12-27(23,24,25)18(19,20)11-26-16(22)17-8-13-5-14(9-17)7-15(6-13)10-17/h13-15H,3-12H2,1-2H3,(H2,23,24,25). The number of ether oxygens (including phenoxy) is 1. The van der Waals surface area contributed by atoms with Crippen LogP contribution in [0.25, 0.3) is 0 Å². The molecule has 4 aliphatic rings. The van der Waals surface area contributed by atoms with Gasteiger partial charge in [-0.3, -0.25) is 9.00 Å². The zero-order chi connectivity index (χ0) is 20.1. The number of sulfone groups is 1. The lowest BCUT2D eigenvalue weighted by Crippen LogP contribution is -3.13. The highest BCUT2D eigenvalue weighted by molar-refractivity contribution is 8.10. The molecule has 2 N–H and O–H groups in total. The monoisotopic (exact) mass is 411 g/mol. The molecule has 0 amide bonds. The first-order chi connectivity index (χ1) is 12.4. The van der Waals surface area contributed by atoms with E-state index in [4.69, 9.17) is 4.74 Å². The van der Waals surface area contributed by atoms with Crippen LogP contribution in [0.4, 0.5) is 8.78 Å². The van der Waals surface area contributed by atoms with E-state index in [0.29, 0.717) is 41.9 Å². The van der Waals surface area contributed by atoms with Crippen LogP contribution in [0.3, 0.4) is 0 Å². The zero-order valence-corrected chi connectivity index (χ0v) is 16.9. The topological polar surface area (TPSA) is 91.1 Å². The molecule has 4 bridgehead atoms. The van der Waals surface area contributed by atoms with Crippen molar-refractivity contribution in [3.8, 4) is 0 Å². The molecule has 0 spiro atoms. The van der Waals surface area contributed by atoms with Crippen molar-refractivity contribution in [2.24, 2.45) is 23.2 Å². The number of quaternary nitrogens is 1. The van der Waals surface area contributed by atoms with E-state index in [-0.39, 0.29) is 13.1 Å². The molecule has 0 aromatic heterocycles. The molecule has 4 saturated carbocycles. The van der Waals surface area contributed by atoms with Crippen LogP contribution >= 0.6 is 0 Å². The van der Waals surface area contributed by atoms with Gasteiger partial charge < -0.3 is 18.7 Å². The number of hydrogen-bond acceptors (Lipinski definition) is 4. The van der Waals surface area contributed by atoms with Crippen LogP contribution in [-0.2, 0) is 19.2 Å². The van der Waals surface area contributed by atoms with Crippen molar-refractivity contribution in [2.75, 3.05) is 25.6 Å². The molecule has 9 heteroatoms. The molecule has 0 aromatic carbocycles. The predicted molar refractivity (Wildman–Crippen MR) is 95.0 cm³/mol. The molecular weight excluding hydrogens is 380 g/mol. The van der Waals surface area contributed by atoms with Crippen molar-refractivity contribution in [3.05, 3.63) is 0 Å². The summed E-state index contributed by atoms with van der Waals surface area (Å²) >= 11 is 0. The summed E-state index contributed by atoms with van der Waals surface area (Å²) in [6.07, 6.45) is 5.18. The summed E-state index contributed by atoms with van der Waals surface area (Å²) in [5.41, 5.74) is -0.746. The van der Waals surface area contributed by atoms with Crippen molar-refractivity contribution < 1.29 is 36.5 Å². The lowest BCUT2D eigenvalue weighted by molar-refractivity contribution is -0.885. The quantitative estimate of drug-likeness (QED) is 0.593. The lowest BCUT2D eigenvalue weighted by atomic mass is 9.49. The summed E-state index contributed by atoms with van der Waals surface area (Å²) in [5, 5.41) is -4.52. The molecule has 0 radical (unpaired) electrons. The number of halogens is 2. The molecule has 4 aliphatic carbocycles. The number of alkyl halides is 2. The van der Waals surface area contributed by atoms with Gasteiger partial charge in [-0.25, -0.2) is 0 Å². The highest BCUT2D eigenvalue weighted by Crippen LogP contribution is 2.60. The van der Waals surface area contributed by atoms with E-state index in [0.717, 1.165) is 19.3 Å². The van der Waals surface area contributed by atoms with Crippen LogP contribution in [0.2, 0.25) is 0 Å². The summed E-state index contributed by atoms with van der Waals surface area (Å²) < 4.78 is 68.0. The number of carbonyl (C=O) groups excluding carboxylic acids is 1. The molecule has 0 heterocycles. The number of esters is 1. The van der Waals surface area contributed by atoms with Gasteiger partial charge in [0.1, 0.15) is 5.88 Å². The Labute approximate surface area is 159 Å². The van der Waals surface area contributed by atoms with E-state index in [1.54, 1.807) is 13.8 Å². The normalized spacial score (nSPS) is 34.5. The molecule has 0 aliphatic heterocycles. The minimum Gasteiger partial charge on any atom is -0.761 e. The Balaban J connectivity index is 1.68. The van der Waals surface area contributed by atoms with Crippen molar-refractivity contribution in [3.63, 3.8) is 0 Å². The van der Waals surface area contributed by atoms with Crippen LogP contribution in [0.1, 0.15) is 52.4 Å². The fourth-order valence-corrected chi connectivity index (χ4v) is 7.33. The van der Waals surface area contributed by atoms with E-state index in [2.05, 4.69) is 0 Å². The van der Waals surface area contributed by atoms with Gasteiger partial charge in [-0.1, -0.05) is 0 Å². The summed E-state index contributed by atoms with van der Waals surface area (Å²) in [6.45, 7) is 2.22. The SMILES string of the molecule is CC[NH+](CC)CS(=O)([O-])(O)C(F)(F)COC(=O)C12CC3CC(CC(C3)C1)C2. The maximum absolute atomic E-state index is 14.4. The first-order valence-corrected chi connectivity index (χ1v) is 11.9. The molecule has 0 saturated heterocycles. The zero-order valence-electron chi connectivity index (χ0n) is 16.0. The van der Waals surface area contributed by atoms with Gasteiger partial charge in [0.15, 0.2) is 6.61 Å². The summed E-state index contributed by atoms with van der Waals surface area (Å²) in [7, 11) is -6.54. The maximum Gasteiger partial charge on any atom is 0.349 e.